The molecule has 3 aromatic rings. The first kappa shape index (κ1) is 14.3. The number of carbonyl (C=O) groups is 1. The molecule has 0 saturated carbocycles. The zero-order valence-electron chi connectivity index (χ0n) is 12.2. The number of aromatic nitrogens is 1. The van der Waals surface area contributed by atoms with Crippen molar-refractivity contribution in [3.8, 4) is 0 Å². The Hall–Kier alpha value is -2.65. The van der Waals surface area contributed by atoms with E-state index in [2.05, 4.69) is 6.58 Å². The molecule has 1 aromatic heterocycles. The van der Waals surface area contributed by atoms with Gasteiger partial charge in [0.15, 0.2) is 6.29 Å². The van der Waals surface area contributed by atoms with E-state index in [-0.39, 0.29) is 0 Å². The summed E-state index contributed by atoms with van der Waals surface area (Å²) in [5, 5.41) is 0.927. The summed E-state index contributed by atoms with van der Waals surface area (Å²) >= 11 is 0. The molecule has 0 radical (unpaired) electrons. The topological polar surface area (TPSA) is 31.2 Å². The van der Waals surface area contributed by atoms with Gasteiger partial charge in [0.2, 0.25) is 0 Å². The smallest absolute Gasteiger partial charge is 0.152 e. The van der Waals surface area contributed by atoms with E-state index in [0.29, 0.717) is 18.9 Å². The van der Waals surface area contributed by atoms with Crippen LogP contribution in [0.5, 0.6) is 0 Å². The lowest BCUT2D eigenvalue weighted by Crippen LogP contribution is -2.05. The fourth-order valence-electron chi connectivity index (χ4n) is 2.66. The van der Waals surface area contributed by atoms with Crippen LogP contribution in [0.2, 0.25) is 0 Å². The minimum Gasteiger partial charge on any atom is -0.356 e. The third-order valence-electron chi connectivity index (χ3n) is 3.69. The van der Waals surface area contributed by atoms with Crippen LogP contribution < -0.4 is 0 Å². The Morgan fingerprint density at radius 3 is 2.50 bits per heavy atom. The van der Waals surface area contributed by atoms with E-state index < -0.39 is 0 Å². The second-order valence-corrected chi connectivity index (χ2v) is 5.03. The number of nitrogens with zero attached hydrogens (tertiary/aromatic N) is 1. The molecule has 3 heteroatoms. The van der Waals surface area contributed by atoms with Crippen LogP contribution in [0.4, 0.5) is 0 Å². The van der Waals surface area contributed by atoms with Crippen LogP contribution in [0.15, 0.2) is 61.2 Å². The molecule has 2 aromatic carbocycles. The highest BCUT2D eigenvalue weighted by Gasteiger charge is 2.13. The largest absolute Gasteiger partial charge is 0.356 e. The quantitative estimate of drug-likeness (QED) is 0.635. The summed E-state index contributed by atoms with van der Waals surface area (Å²) in [6, 6.07) is 17.8. The van der Waals surface area contributed by atoms with Gasteiger partial charge in [-0.1, -0.05) is 55.1 Å². The van der Waals surface area contributed by atoms with Gasteiger partial charge in [0.1, 0.15) is 6.73 Å². The van der Waals surface area contributed by atoms with E-state index in [0.717, 1.165) is 28.4 Å². The fraction of sp³-hybridized carbons (Fsp3) is 0.105. The number of fused-ring (bicyclic) bond motifs is 1. The van der Waals surface area contributed by atoms with Crippen LogP contribution in [0.3, 0.4) is 0 Å². The zero-order chi connectivity index (χ0) is 15.4. The Labute approximate surface area is 129 Å². The highest BCUT2D eigenvalue weighted by atomic mass is 16.5. The van der Waals surface area contributed by atoms with Crippen molar-refractivity contribution in [2.24, 2.45) is 0 Å². The van der Waals surface area contributed by atoms with E-state index in [9.17, 15) is 4.79 Å². The van der Waals surface area contributed by atoms with Crippen LogP contribution in [-0.4, -0.2) is 10.9 Å². The van der Waals surface area contributed by atoms with Gasteiger partial charge in [0.25, 0.3) is 0 Å². The van der Waals surface area contributed by atoms with E-state index in [4.69, 9.17) is 4.74 Å². The molecule has 1 heterocycles. The molecule has 0 aliphatic rings. The number of hydrogen-bond acceptors (Lipinski definition) is 2. The zero-order valence-corrected chi connectivity index (χ0v) is 12.2. The molecule has 0 saturated heterocycles. The molecule has 0 N–H and O–H groups in total. The van der Waals surface area contributed by atoms with Gasteiger partial charge >= 0.3 is 0 Å². The lowest BCUT2D eigenvalue weighted by atomic mass is 10.1. The first-order chi connectivity index (χ1) is 10.8. The van der Waals surface area contributed by atoms with Gasteiger partial charge in [-0.3, -0.25) is 4.79 Å². The van der Waals surface area contributed by atoms with Crippen LogP contribution in [0.1, 0.15) is 21.6 Å². The summed E-state index contributed by atoms with van der Waals surface area (Å²) < 4.78 is 7.79. The molecule has 0 unspecified atom stereocenters. The van der Waals surface area contributed by atoms with Gasteiger partial charge in [0.05, 0.1) is 17.8 Å². The fourth-order valence-corrected chi connectivity index (χ4v) is 2.66. The normalized spacial score (nSPS) is 10.7. The Kier molecular flexibility index (Phi) is 4.17. The third-order valence-corrected chi connectivity index (χ3v) is 3.69. The Morgan fingerprint density at radius 2 is 1.77 bits per heavy atom. The Morgan fingerprint density at radius 1 is 1.05 bits per heavy atom. The molecule has 0 amide bonds. The number of ether oxygens (including phenoxy) is 1. The average Bonchev–Trinajstić information content (AvgIpc) is 2.89. The van der Waals surface area contributed by atoms with Crippen molar-refractivity contribution in [1.29, 1.82) is 0 Å². The highest BCUT2D eigenvalue weighted by molar-refractivity contribution is 6.01. The van der Waals surface area contributed by atoms with Crippen LogP contribution in [-0.2, 0) is 18.1 Å². The van der Waals surface area contributed by atoms with Crippen molar-refractivity contribution in [2.75, 3.05) is 0 Å². The van der Waals surface area contributed by atoms with E-state index in [1.165, 1.54) is 0 Å². The van der Waals surface area contributed by atoms with Crippen molar-refractivity contribution in [3.63, 3.8) is 0 Å². The molecule has 0 spiro atoms. The number of aldehydes is 1. The second kappa shape index (κ2) is 6.41. The molecule has 3 rings (SSSR count). The summed E-state index contributed by atoms with van der Waals surface area (Å²) in [6.07, 6.45) is 2.59. The van der Waals surface area contributed by atoms with Crippen LogP contribution in [0, 0.1) is 0 Å². The maximum absolute atomic E-state index is 11.4. The number of rotatable bonds is 6. The van der Waals surface area contributed by atoms with Crippen molar-refractivity contribution in [1.82, 2.24) is 4.57 Å². The molecular formula is C19H17NO2. The molecule has 0 fully saturated rings. The van der Waals surface area contributed by atoms with Crippen LogP contribution >= 0.6 is 0 Å². The van der Waals surface area contributed by atoms with Crippen molar-refractivity contribution in [2.45, 2.75) is 13.3 Å². The minimum atomic E-state index is 0.380. The monoisotopic (exact) mass is 291 g/mol. The molecule has 0 aliphatic carbocycles. The van der Waals surface area contributed by atoms with Crippen LogP contribution in [0.25, 0.3) is 17.0 Å². The van der Waals surface area contributed by atoms with E-state index >= 15 is 0 Å². The second-order valence-electron chi connectivity index (χ2n) is 5.03. The molecule has 22 heavy (non-hydrogen) atoms. The van der Waals surface area contributed by atoms with Crippen molar-refractivity contribution >= 4 is 23.3 Å². The van der Waals surface area contributed by atoms with Gasteiger partial charge in [-0.15, -0.1) is 0 Å². The maximum atomic E-state index is 11.4. The van der Waals surface area contributed by atoms with Gasteiger partial charge < -0.3 is 9.30 Å². The standard InChI is InChI=1S/C19H17NO2/c1-2-18-17(12-21)16-10-6-7-11-19(16)20(18)14-22-13-15-8-4-3-5-9-15/h2-12H,1,13-14H2. The van der Waals surface area contributed by atoms with Gasteiger partial charge in [-0.25, -0.2) is 0 Å². The lowest BCUT2D eigenvalue weighted by Gasteiger charge is -2.10. The lowest BCUT2D eigenvalue weighted by molar-refractivity contribution is 0.0663. The van der Waals surface area contributed by atoms with E-state index in [1.807, 2.05) is 59.2 Å². The van der Waals surface area contributed by atoms with E-state index in [1.54, 1.807) is 6.08 Å². The predicted molar refractivity (Wildman–Crippen MR) is 88.6 cm³/mol. The molecular weight excluding hydrogens is 274 g/mol. The highest BCUT2D eigenvalue weighted by Crippen LogP contribution is 2.26. The number of hydrogen-bond donors (Lipinski definition) is 0. The SMILES string of the molecule is C=Cc1c(C=O)c2ccccc2n1COCc1ccccc1. The summed E-state index contributed by atoms with van der Waals surface area (Å²) in [5.41, 5.74) is 3.56. The molecule has 0 atom stereocenters. The first-order valence-electron chi connectivity index (χ1n) is 7.15. The molecule has 110 valence electrons. The van der Waals surface area contributed by atoms with Gasteiger partial charge in [-0.05, 0) is 17.7 Å². The van der Waals surface area contributed by atoms with Crippen molar-refractivity contribution < 1.29 is 9.53 Å². The minimum absolute atomic E-state index is 0.380. The van der Waals surface area contributed by atoms with Gasteiger partial charge in [0, 0.05) is 10.9 Å². The summed E-state index contributed by atoms with van der Waals surface area (Å²) in [7, 11) is 0. The molecule has 0 bridgehead atoms. The predicted octanol–water partition coefficient (Wildman–Crippen LogP) is 4.27. The Balaban J connectivity index is 1.89. The van der Waals surface area contributed by atoms with Crippen molar-refractivity contribution in [3.05, 3.63) is 78.0 Å². The number of carbonyl (C=O) groups excluding carboxylic acids is 1. The molecule has 3 nitrogen and oxygen atoms in total. The summed E-state index contributed by atoms with van der Waals surface area (Å²) in [6.45, 7) is 4.73. The summed E-state index contributed by atoms with van der Waals surface area (Å²) in [4.78, 5) is 11.4. The average molecular weight is 291 g/mol. The Bertz CT molecular complexity index is 803. The van der Waals surface area contributed by atoms with Gasteiger partial charge in [-0.2, -0.15) is 0 Å². The molecule has 0 aliphatic heterocycles. The summed E-state index contributed by atoms with van der Waals surface area (Å²) in [5.74, 6) is 0. The number of para-hydroxylation sites is 1. The maximum Gasteiger partial charge on any atom is 0.152 e. The number of benzene rings is 2. The third kappa shape index (κ3) is 2.59. The first-order valence-corrected chi connectivity index (χ1v) is 7.15.